The number of fused-ring (bicyclic) bond motifs is 1. The van der Waals surface area contributed by atoms with Gasteiger partial charge in [0, 0.05) is 25.4 Å². The number of hydrogen-bond donors (Lipinski definition) is 1. The molecule has 0 saturated heterocycles. The Balaban J connectivity index is 2.09. The highest BCUT2D eigenvalue weighted by Crippen LogP contribution is 2.32. The first-order valence-electron chi connectivity index (χ1n) is 8.23. The summed E-state index contributed by atoms with van der Waals surface area (Å²) in [6.45, 7) is 9.13. The predicted octanol–water partition coefficient (Wildman–Crippen LogP) is 3.82. The summed E-state index contributed by atoms with van der Waals surface area (Å²) in [5.74, 6) is 0. The van der Waals surface area contributed by atoms with Gasteiger partial charge in [0.25, 0.3) is 0 Å². The molecule has 1 N–H and O–H groups in total. The van der Waals surface area contributed by atoms with E-state index in [9.17, 15) is 4.79 Å². The third-order valence-electron chi connectivity index (χ3n) is 3.82. The van der Waals surface area contributed by atoms with Gasteiger partial charge in [0.1, 0.15) is 5.60 Å². The van der Waals surface area contributed by atoms with E-state index in [4.69, 9.17) is 9.47 Å². The maximum Gasteiger partial charge on any atom is 0.414 e. The average Bonchev–Trinajstić information content (AvgIpc) is 2.88. The van der Waals surface area contributed by atoms with Gasteiger partial charge >= 0.3 is 6.09 Å². The van der Waals surface area contributed by atoms with Crippen LogP contribution < -0.4 is 10.2 Å². The molecule has 1 aromatic carbocycles. The van der Waals surface area contributed by atoms with Crippen molar-refractivity contribution in [2.24, 2.45) is 0 Å². The van der Waals surface area contributed by atoms with Crippen molar-refractivity contribution in [1.29, 1.82) is 0 Å². The zero-order chi connectivity index (χ0) is 17.0. The first-order chi connectivity index (χ1) is 10.8. The monoisotopic (exact) mass is 320 g/mol. The van der Waals surface area contributed by atoms with Crippen LogP contribution >= 0.6 is 0 Å². The lowest BCUT2D eigenvalue weighted by Crippen LogP contribution is -2.35. The number of methoxy groups -OCH3 is 1. The van der Waals surface area contributed by atoms with Crippen LogP contribution in [0.15, 0.2) is 18.2 Å². The van der Waals surface area contributed by atoms with Crippen LogP contribution in [-0.2, 0) is 15.9 Å². The molecule has 1 heterocycles. The molecule has 0 aliphatic carbocycles. The number of amides is 1. The molecule has 1 aliphatic heterocycles. The van der Waals surface area contributed by atoms with Crippen LogP contribution in [0.1, 0.15) is 39.7 Å². The van der Waals surface area contributed by atoms with E-state index >= 15 is 0 Å². The fourth-order valence-electron chi connectivity index (χ4n) is 2.70. The highest BCUT2D eigenvalue weighted by Gasteiger charge is 2.29. The Labute approximate surface area is 139 Å². The van der Waals surface area contributed by atoms with E-state index in [1.165, 1.54) is 5.56 Å². The van der Waals surface area contributed by atoms with Crippen LogP contribution in [0.2, 0.25) is 0 Å². The van der Waals surface area contributed by atoms with Gasteiger partial charge < -0.3 is 14.8 Å². The number of carbonyl (C=O) groups excluding carboxylic acids is 1. The minimum Gasteiger partial charge on any atom is -0.443 e. The third kappa shape index (κ3) is 4.61. The van der Waals surface area contributed by atoms with Gasteiger partial charge in [0.05, 0.1) is 12.3 Å². The number of nitrogens with one attached hydrogen (secondary N) is 1. The molecule has 2 rings (SSSR count). The second-order valence-electron chi connectivity index (χ2n) is 6.93. The van der Waals surface area contributed by atoms with E-state index in [1.807, 2.05) is 32.9 Å². The minimum absolute atomic E-state index is 0.275. The molecule has 1 unspecified atom stereocenters. The van der Waals surface area contributed by atoms with Crippen LogP contribution in [0.25, 0.3) is 0 Å². The van der Waals surface area contributed by atoms with Gasteiger partial charge in [-0.05, 0) is 57.4 Å². The van der Waals surface area contributed by atoms with Gasteiger partial charge in [-0.3, -0.25) is 4.90 Å². The van der Waals surface area contributed by atoms with Crippen molar-refractivity contribution in [2.45, 2.75) is 52.2 Å². The van der Waals surface area contributed by atoms with Crippen LogP contribution in [0.5, 0.6) is 0 Å². The summed E-state index contributed by atoms with van der Waals surface area (Å²) in [5, 5.41) is 3.48. The summed E-state index contributed by atoms with van der Waals surface area (Å²) in [4.78, 5) is 14.0. The van der Waals surface area contributed by atoms with E-state index in [-0.39, 0.29) is 6.09 Å². The highest BCUT2D eigenvalue weighted by molar-refractivity contribution is 5.91. The molecule has 5 heteroatoms. The Morgan fingerprint density at radius 2 is 2.13 bits per heavy atom. The first kappa shape index (κ1) is 17.6. The predicted molar refractivity (Wildman–Crippen MR) is 93.3 cm³/mol. The van der Waals surface area contributed by atoms with Crippen LogP contribution in [0.4, 0.5) is 16.2 Å². The number of carbonyl (C=O) groups is 1. The number of nitrogens with zero attached hydrogens (tertiary/aromatic N) is 1. The van der Waals surface area contributed by atoms with E-state index in [1.54, 1.807) is 12.0 Å². The molecular weight excluding hydrogens is 292 g/mol. The van der Waals surface area contributed by atoms with Gasteiger partial charge in [0.2, 0.25) is 0 Å². The number of hydrogen-bond acceptors (Lipinski definition) is 4. The fraction of sp³-hybridized carbons (Fsp3) is 0.611. The molecule has 1 aliphatic rings. The molecule has 0 aromatic heterocycles. The van der Waals surface area contributed by atoms with Crippen molar-refractivity contribution in [3.8, 4) is 0 Å². The minimum atomic E-state index is -0.476. The quantitative estimate of drug-likeness (QED) is 0.896. The molecule has 0 radical (unpaired) electrons. The van der Waals surface area contributed by atoms with Gasteiger partial charge in [0.15, 0.2) is 0 Å². The van der Waals surface area contributed by atoms with Gasteiger partial charge in [-0.1, -0.05) is 6.92 Å². The Morgan fingerprint density at radius 1 is 1.39 bits per heavy atom. The maximum absolute atomic E-state index is 12.3. The zero-order valence-corrected chi connectivity index (χ0v) is 14.8. The molecule has 128 valence electrons. The van der Waals surface area contributed by atoms with Crippen molar-refractivity contribution in [3.63, 3.8) is 0 Å². The topological polar surface area (TPSA) is 50.8 Å². The molecule has 1 amide bonds. The summed E-state index contributed by atoms with van der Waals surface area (Å²) >= 11 is 0. The third-order valence-corrected chi connectivity index (χ3v) is 3.82. The maximum atomic E-state index is 12.3. The molecule has 0 fully saturated rings. The molecule has 1 aromatic rings. The van der Waals surface area contributed by atoms with Crippen molar-refractivity contribution in [1.82, 2.24) is 0 Å². The zero-order valence-electron chi connectivity index (χ0n) is 14.8. The van der Waals surface area contributed by atoms with E-state index in [0.29, 0.717) is 19.2 Å². The molecule has 0 spiro atoms. The van der Waals surface area contributed by atoms with Crippen molar-refractivity contribution < 1.29 is 14.3 Å². The first-order valence-corrected chi connectivity index (χ1v) is 8.23. The summed E-state index contributed by atoms with van der Waals surface area (Å²) in [6, 6.07) is 6.42. The number of ether oxygens (including phenoxy) is 2. The Kier molecular flexibility index (Phi) is 5.52. The van der Waals surface area contributed by atoms with Gasteiger partial charge in [-0.25, -0.2) is 4.79 Å². The second-order valence-corrected chi connectivity index (χ2v) is 6.93. The lowest BCUT2D eigenvalue weighted by molar-refractivity contribution is 0.0584. The van der Waals surface area contributed by atoms with E-state index < -0.39 is 5.60 Å². The second kappa shape index (κ2) is 7.21. The van der Waals surface area contributed by atoms with Crippen LogP contribution in [0.3, 0.4) is 0 Å². The Morgan fingerprint density at radius 3 is 2.74 bits per heavy atom. The summed E-state index contributed by atoms with van der Waals surface area (Å²) in [6.07, 6.45) is 1.57. The molecular formula is C18H28N2O3. The van der Waals surface area contributed by atoms with Gasteiger partial charge in [-0.2, -0.15) is 0 Å². The SMILES string of the molecule is CCC(COC)Nc1ccc2c(c1)CCN2C(=O)OC(C)(C)C. The number of rotatable bonds is 5. The number of anilines is 2. The number of benzene rings is 1. The van der Waals surface area contributed by atoms with Crippen LogP contribution in [-0.4, -0.2) is 38.0 Å². The van der Waals surface area contributed by atoms with Crippen molar-refractivity contribution in [3.05, 3.63) is 23.8 Å². The average molecular weight is 320 g/mol. The summed E-state index contributed by atoms with van der Waals surface area (Å²) in [7, 11) is 1.71. The normalized spacial score (nSPS) is 15.3. The van der Waals surface area contributed by atoms with E-state index in [2.05, 4.69) is 18.3 Å². The Hall–Kier alpha value is -1.75. The lowest BCUT2D eigenvalue weighted by atomic mass is 10.1. The largest absolute Gasteiger partial charge is 0.443 e. The molecule has 0 saturated carbocycles. The standard InChI is InChI=1S/C18H28N2O3/c1-6-14(12-22-5)19-15-7-8-16-13(11-15)9-10-20(16)17(21)23-18(2,3)4/h7-8,11,14,19H,6,9-10,12H2,1-5H3. The summed E-state index contributed by atoms with van der Waals surface area (Å²) < 4.78 is 10.7. The van der Waals surface area contributed by atoms with Crippen molar-refractivity contribution >= 4 is 17.5 Å². The lowest BCUT2D eigenvalue weighted by Gasteiger charge is -2.25. The Bertz CT molecular complexity index is 552. The van der Waals surface area contributed by atoms with Crippen LogP contribution in [0, 0.1) is 0 Å². The highest BCUT2D eigenvalue weighted by atomic mass is 16.6. The van der Waals surface area contributed by atoms with E-state index in [0.717, 1.165) is 24.2 Å². The fourth-order valence-corrected chi connectivity index (χ4v) is 2.70. The molecule has 1 atom stereocenters. The van der Waals surface area contributed by atoms with Gasteiger partial charge in [-0.15, -0.1) is 0 Å². The smallest absolute Gasteiger partial charge is 0.414 e. The van der Waals surface area contributed by atoms with Crippen molar-refractivity contribution in [2.75, 3.05) is 30.5 Å². The molecule has 5 nitrogen and oxygen atoms in total. The molecule has 23 heavy (non-hydrogen) atoms. The molecule has 0 bridgehead atoms. The summed E-state index contributed by atoms with van der Waals surface area (Å²) in [5.41, 5.74) is 2.71.